The van der Waals surface area contributed by atoms with E-state index in [1.54, 1.807) is 39.1 Å². The molecule has 0 saturated heterocycles. The van der Waals surface area contributed by atoms with E-state index in [4.69, 9.17) is 0 Å². The van der Waals surface area contributed by atoms with E-state index in [0.29, 0.717) is 27.7 Å². The average molecular weight is 385 g/mol. The minimum absolute atomic E-state index is 0.0596. The molecular weight excluding hydrogens is 365 g/mol. The van der Waals surface area contributed by atoms with Crippen LogP contribution in [0.1, 0.15) is 46.0 Å². The zero-order valence-electron chi connectivity index (χ0n) is 15.5. The number of halogens is 1. The van der Waals surface area contributed by atoms with Gasteiger partial charge in [-0.1, -0.05) is 11.8 Å². The number of carbonyl (C=O) groups is 2. The van der Waals surface area contributed by atoms with Crippen molar-refractivity contribution in [3.8, 4) is 11.3 Å². The van der Waals surface area contributed by atoms with Gasteiger partial charge in [-0.2, -0.15) is 0 Å². The number of nitrogens with zero attached hydrogens (tertiary/aromatic N) is 1. The zero-order chi connectivity index (χ0) is 19.7. The van der Waals surface area contributed by atoms with Gasteiger partial charge in [0.2, 0.25) is 0 Å². The first-order chi connectivity index (χ1) is 12.8. The molecule has 2 heterocycles. The summed E-state index contributed by atoms with van der Waals surface area (Å²) in [5.41, 5.74) is 4.00. The maximum atomic E-state index is 13.1. The number of imidazole rings is 1. The van der Waals surface area contributed by atoms with Gasteiger partial charge in [-0.3, -0.25) is 9.59 Å². The fourth-order valence-electron chi connectivity index (χ4n) is 3.09. The fraction of sp³-hybridized carbons (Fsp3) is 0.250. The third-order valence-electron chi connectivity index (χ3n) is 4.40. The van der Waals surface area contributed by atoms with Gasteiger partial charge < -0.3 is 9.97 Å². The highest BCUT2D eigenvalue weighted by molar-refractivity contribution is 8.00. The lowest BCUT2D eigenvalue weighted by atomic mass is 10.0. The van der Waals surface area contributed by atoms with E-state index in [0.717, 1.165) is 11.3 Å². The van der Waals surface area contributed by atoms with Crippen molar-refractivity contribution in [1.82, 2.24) is 15.0 Å². The van der Waals surface area contributed by atoms with E-state index < -0.39 is 5.25 Å². The number of ketones is 2. The summed E-state index contributed by atoms with van der Waals surface area (Å²) in [7, 11) is 0. The molecule has 2 N–H and O–H groups in total. The van der Waals surface area contributed by atoms with Crippen molar-refractivity contribution >= 4 is 23.3 Å². The standard InChI is InChI=1S/C20H20FN3O2S/c1-10-17(12(3)25)11(2)23-18(10)19(26)13(4)27-20-22-9-16(24-20)14-5-7-15(21)8-6-14/h5-9,13,23H,1-4H3,(H,22,24)/t13-/m1/s1. The van der Waals surface area contributed by atoms with Gasteiger partial charge in [0.15, 0.2) is 16.7 Å². The molecule has 0 fully saturated rings. The van der Waals surface area contributed by atoms with Crippen LogP contribution in [-0.2, 0) is 0 Å². The quantitative estimate of drug-likeness (QED) is 0.475. The molecule has 140 valence electrons. The normalized spacial score (nSPS) is 12.2. The van der Waals surface area contributed by atoms with Crippen molar-refractivity contribution in [2.75, 3.05) is 0 Å². The van der Waals surface area contributed by atoms with Crippen LogP contribution in [0.15, 0.2) is 35.6 Å². The van der Waals surface area contributed by atoms with Gasteiger partial charge >= 0.3 is 0 Å². The highest BCUT2D eigenvalue weighted by atomic mass is 32.2. The first-order valence-electron chi connectivity index (χ1n) is 8.49. The molecule has 3 rings (SSSR count). The minimum Gasteiger partial charge on any atom is -0.355 e. The summed E-state index contributed by atoms with van der Waals surface area (Å²) in [5, 5.41) is 0.205. The monoisotopic (exact) mass is 385 g/mol. The Morgan fingerprint density at radius 1 is 1.15 bits per heavy atom. The molecule has 2 aromatic heterocycles. The molecule has 5 nitrogen and oxygen atoms in total. The lowest BCUT2D eigenvalue weighted by Gasteiger charge is -2.08. The Morgan fingerprint density at radius 2 is 1.81 bits per heavy atom. The number of Topliss-reactive ketones (excluding diaryl/α,β-unsaturated/α-hetero) is 2. The molecule has 3 aromatic rings. The molecule has 0 aliphatic carbocycles. The van der Waals surface area contributed by atoms with Crippen molar-refractivity contribution in [2.45, 2.75) is 38.1 Å². The number of H-pyrrole nitrogens is 2. The second kappa shape index (κ2) is 7.52. The van der Waals surface area contributed by atoms with Gasteiger partial charge in [0.05, 0.1) is 22.8 Å². The molecule has 0 aliphatic rings. The maximum absolute atomic E-state index is 13.1. The van der Waals surface area contributed by atoms with E-state index in [-0.39, 0.29) is 17.4 Å². The fourth-order valence-corrected chi connectivity index (χ4v) is 3.93. The van der Waals surface area contributed by atoms with E-state index in [1.807, 2.05) is 0 Å². The number of hydrogen-bond acceptors (Lipinski definition) is 4. The van der Waals surface area contributed by atoms with Crippen LogP contribution in [0.2, 0.25) is 0 Å². The van der Waals surface area contributed by atoms with Crippen LogP contribution < -0.4 is 0 Å². The van der Waals surface area contributed by atoms with Crippen molar-refractivity contribution < 1.29 is 14.0 Å². The molecule has 0 spiro atoms. The van der Waals surface area contributed by atoms with Crippen LogP contribution in [0, 0.1) is 19.7 Å². The van der Waals surface area contributed by atoms with Crippen molar-refractivity contribution in [3.05, 3.63) is 58.8 Å². The predicted octanol–water partition coefficient (Wildman–Crippen LogP) is 4.73. The number of aromatic nitrogens is 3. The summed E-state index contributed by atoms with van der Waals surface area (Å²) < 4.78 is 13.1. The summed E-state index contributed by atoms with van der Waals surface area (Å²) in [6, 6.07) is 6.11. The SMILES string of the molecule is CC(=O)c1c(C)[nH]c(C(=O)[C@@H](C)Sc2ncc(-c3ccc(F)cc3)[nH]2)c1C. The number of nitrogens with one attached hydrogen (secondary N) is 2. The Kier molecular flexibility index (Phi) is 5.32. The highest BCUT2D eigenvalue weighted by Gasteiger charge is 2.25. The van der Waals surface area contributed by atoms with Crippen LogP contribution in [0.3, 0.4) is 0 Å². The van der Waals surface area contributed by atoms with E-state index in [9.17, 15) is 14.0 Å². The van der Waals surface area contributed by atoms with Crippen LogP contribution >= 0.6 is 11.8 Å². The van der Waals surface area contributed by atoms with E-state index in [2.05, 4.69) is 15.0 Å². The minimum atomic E-state index is -0.395. The van der Waals surface area contributed by atoms with E-state index in [1.165, 1.54) is 30.8 Å². The molecular formula is C20H20FN3O2S. The van der Waals surface area contributed by atoms with Gasteiger partial charge in [0.25, 0.3) is 0 Å². The van der Waals surface area contributed by atoms with Crippen molar-refractivity contribution in [2.24, 2.45) is 0 Å². The Balaban J connectivity index is 1.77. The van der Waals surface area contributed by atoms with E-state index >= 15 is 0 Å². The third-order valence-corrected chi connectivity index (χ3v) is 5.40. The van der Waals surface area contributed by atoms with Gasteiger partial charge in [-0.15, -0.1) is 0 Å². The van der Waals surface area contributed by atoms with Crippen molar-refractivity contribution in [1.29, 1.82) is 0 Å². The second-order valence-corrected chi connectivity index (χ2v) is 7.74. The molecule has 0 radical (unpaired) electrons. The van der Waals surface area contributed by atoms with Crippen LogP contribution in [0.5, 0.6) is 0 Å². The van der Waals surface area contributed by atoms with Crippen LogP contribution in [-0.4, -0.2) is 31.8 Å². The number of aromatic amines is 2. The topological polar surface area (TPSA) is 78.6 Å². The summed E-state index contributed by atoms with van der Waals surface area (Å²) in [5.74, 6) is -0.447. The molecule has 0 unspecified atom stereocenters. The van der Waals surface area contributed by atoms with Crippen molar-refractivity contribution in [3.63, 3.8) is 0 Å². The molecule has 1 aromatic carbocycles. The summed E-state index contributed by atoms with van der Waals surface area (Å²) in [4.78, 5) is 35.1. The second-order valence-electron chi connectivity index (χ2n) is 6.41. The number of thioether (sulfide) groups is 1. The number of rotatable bonds is 6. The molecule has 0 aliphatic heterocycles. The number of aryl methyl sites for hydroxylation is 1. The molecule has 1 atom stereocenters. The first-order valence-corrected chi connectivity index (χ1v) is 9.37. The summed E-state index contributed by atoms with van der Waals surface area (Å²) in [6.07, 6.45) is 1.66. The summed E-state index contributed by atoms with van der Waals surface area (Å²) >= 11 is 1.30. The first kappa shape index (κ1) is 19.1. The maximum Gasteiger partial charge on any atom is 0.192 e. The molecule has 0 amide bonds. The molecule has 27 heavy (non-hydrogen) atoms. The predicted molar refractivity (Wildman–Crippen MR) is 104 cm³/mol. The number of carbonyl (C=O) groups excluding carboxylic acids is 2. The van der Waals surface area contributed by atoms with Gasteiger partial charge in [0.1, 0.15) is 5.82 Å². The Hall–Kier alpha value is -2.67. The highest BCUT2D eigenvalue weighted by Crippen LogP contribution is 2.28. The molecule has 0 saturated carbocycles. The largest absolute Gasteiger partial charge is 0.355 e. The van der Waals surface area contributed by atoms with Crippen LogP contribution in [0.4, 0.5) is 4.39 Å². The number of hydrogen-bond donors (Lipinski definition) is 2. The Labute approximate surface area is 160 Å². The molecule has 7 heteroatoms. The molecule has 0 bridgehead atoms. The average Bonchev–Trinajstić information content (AvgIpc) is 3.19. The van der Waals surface area contributed by atoms with Gasteiger partial charge in [0, 0.05) is 11.3 Å². The lowest BCUT2D eigenvalue weighted by molar-refractivity contribution is 0.0988. The number of benzene rings is 1. The third kappa shape index (κ3) is 3.88. The Bertz CT molecular complexity index is 1000. The van der Waals surface area contributed by atoms with Gasteiger partial charge in [-0.05, 0) is 63.1 Å². The van der Waals surface area contributed by atoms with Crippen LogP contribution in [0.25, 0.3) is 11.3 Å². The Morgan fingerprint density at radius 3 is 2.41 bits per heavy atom. The zero-order valence-corrected chi connectivity index (χ0v) is 16.3. The van der Waals surface area contributed by atoms with Gasteiger partial charge in [-0.25, -0.2) is 9.37 Å². The smallest absolute Gasteiger partial charge is 0.192 e. The lowest BCUT2D eigenvalue weighted by Crippen LogP contribution is -2.15. The summed E-state index contributed by atoms with van der Waals surface area (Å²) in [6.45, 7) is 6.87.